The first-order valence-corrected chi connectivity index (χ1v) is 8.34. The summed E-state index contributed by atoms with van der Waals surface area (Å²) >= 11 is 3.28. The highest BCUT2D eigenvalue weighted by molar-refractivity contribution is 9.10. The molecule has 19 heavy (non-hydrogen) atoms. The fraction of sp³-hybridized carbons (Fsp3) is 0.308. The summed E-state index contributed by atoms with van der Waals surface area (Å²) < 4.78 is 24.9. The molecule has 2 aliphatic rings. The summed E-state index contributed by atoms with van der Waals surface area (Å²) in [5.41, 5.74) is 0.954. The Balaban J connectivity index is 1.72. The molecule has 0 bridgehead atoms. The van der Waals surface area contributed by atoms with Gasteiger partial charge in [0.1, 0.15) is 0 Å². The topological polar surface area (TPSA) is 58.5 Å². The molecular weight excluding hydrogens is 328 g/mol. The summed E-state index contributed by atoms with van der Waals surface area (Å²) in [5, 5.41) is 4.07. The molecule has 1 N–H and O–H groups in total. The summed E-state index contributed by atoms with van der Waals surface area (Å²) in [6.45, 7) is 0. The van der Waals surface area contributed by atoms with E-state index in [-0.39, 0.29) is 4.90 Å². The Morgan fingerprint density at radius 1 is 1.26 bits per heavy atom. The van der Waals surface area contributed by atoms with Crippen LogP contribution in [0.15, 0.2) is 50.9 Å². The normalized spacial score (nSPS) is 27.1. The van der Waals surface area contributed by atoms with E-state index in [0.29, 0.717) is 11.8 Å². The van der Waals surface area contributed by atoms with Gasteiger partial charge in [0, 0.05) is 16.1 Å². The number of nitrogens with zero attached hydrogens (tertiary/aromatic N) is 1. The van der Waals surface area contributed by atoms with E-state index in [1.54, 1.807) is 24.3 Å². The lowest BCUT2D eigenvalue weighted by Crippen LogP contribution is -2.35. The Bertz CT molecular complexity index is 650. The summed E-state index contributed by atoms with van der Waals surface area (Å²) in [6, 6.07) is 6.49. The van der Waals surface area contributed by atoms with E-state index < -0.39 is 10.0 Å². The third-order valence-corrected chi connectivity index (χ3v) is 5.35. The van der Waals surface area contributed by atoms with Crippen LogP contribution in [0.4, 0.5) is 0 Å². The second-order valence-electron chi connectivity index (χ2n) is 4.79. The van der Waals surface area contributed by atoms with Crippen LogP contribution in [0.1, 0.15) is 12.8 Å². The zero-order chi connectivity index (χ0) is 13.5. The molecule has 2 atom stereocenters. The molecule has 0 unspecified atom stereocenters. The number of hydrogen-bond acceptors (Lipinski definition) is 3. The number of allylic oxidation sites excluding steroid dienone is 2. The molecule has 100 valence electrons. The first-order valence-electron chi connectivity index (χ1n) is 6.07. The van der Waals surface area contributed by atoms with E-state index >= 15 is 0 Å². The lowest BCUT2D eigenvalue weighted by atomic mass is 9.74. The van der Waals surface area contributed by atoms with Crippen LogP contribution in [-0.4, -0.2) is 14.1 Å². The van der Waals surface area contributed by atoms with Crippen LogP contribution in [0.3, 0.4) is 0 Å². The van der Waals surface area contributed by atoms with Gasteiger partial charge in [-0.2, -0.15) is 13.5 Å². The highest BCUT2D eigenvalue weighted by Crippen LogP contribution is 2.40. The average Bonchev–Trinajstić information content (AvgIpc) is 2.72. The number of hydrazone groups is 1. The van der Waals surface area contributed by atoms with E-state index in [0.717, 1.165) is 23.0 Å². The van der Waals surface area contributed by atoms with Crippen molar-refractivity contribution in [2.24, 2.45) is 16.9 Å². The Kier molecular flexibility index (Phi) is 3.22. The quantitative estimate of drug-likeness (QED) is 0.679. The summed E-state index contributed by atoms with van der Waals surface area (Å²) in [5.74, 6) is 0.976. The van der Waals surface area contributed by atoms with Crippen molar-refractivity contribution in [3.8, 4) is 0 Å². The predicted octanol–water partition coefficient (Wildman–Crippen LogP) is 2.68. The predicted molar refractivity (Wildman–Crippen MR) is 77.3 cm³/mol. The molecule has 1 aromatic rings. The van der Waals surface area contributed by atoms with Crippen molar-refractivity contribution in [3.05, 3.63) is 40.9 Å². The van der Waals surface area contributed by atoms with Crippen molar-refractivity contribution in [1.29, 1.82) is 0 Å². The van der Waals surface area contributed by atoms with Crippen molar-refractivity contribution in [1.82, 2.24) is 4.83 Å². The number of nitrogens with one attached hydrogen (secondary N) is 1. The minimum atomic E-state index is -3.56. The number of sulfonamides is 1. The van der Waals surface area contributed by atoms with E-state index in [1.807, 2.05) is 0 Å². The Hall–Kier alpha value is -1.14. The fourth-order valence-electron chi connectivity index (χ4n) is 2.45. The maximum atomic E-state index is 12.0. The zero-order valence-electron chi connectivity index (χ0n) is 10.1. The molecule has 0 amide bonds. The van der Waals surface area contributed by atoms with Crippen LogP contribution in [0.5, 0.6) is 0 Å². The summed E-state index contributed by atoms with van der Waals surface area (Å²) in [4.78, 5) is 2.55. The zero-order valence-corrected chi connectivity index (χ0v) is 12.5. The van der Waals surface area contributed by atoms with E-state index in [2.05, 4.69) is 38.0 Å². The molecule has 0 aliphatic heterocycles. The molecule has 0 radical (unpaired) electrons. The third kappa shape index (κ3) is 2.47. The number of benzene rings is 1. The molecular formula is C13H13BrN2O2S. The molecule has 0 spiro atoms. The van der Waals surface area contributed by atoms with Crippen LogP contribution in [-0.2, 0) is 10.0 Å². The lowest BCUT2D eigenvalue weighted by Gasteiger charge is -2.31. The van der Waals surface area contributed by atoms with Crippen LogP contribution in [0.25, 0.3) is 0 Å². The van der Waals surface area contributed by atoms with Gasteiger partial charge in [0.05, 0.1) is 4.90 Å². The third-order valence-electron chi connectivity index (χ3n) is 3.60. The van der Waals surface area contributed by atoms with Crippen LogP contribution >= 0.6 is 15.9 Å². The molecule has 2 aliphatic carbocycles. The number of hydrogen-bond donors (Lipinski definition) is 1. The lowest BCUT2D eigenvalue weighted by molar-refractivity contribution is 0.463. The monoisotopic (exact) mass is 340 g/mol. The van der Waals surface area contributed by atoms with Crippen molar-refractivity contribution >= 4 is 31.7 Å². The number of fused-ring (bicyclic) bond motifs is 1. The Labute approximate surface area is 120 Å². The molecule has 1 aromatic carbocycles. The number of halogens is 1. The van der Waals surface area contributed by atoms with Gasteiger partial charge in [0.15, 0.2) is 0 Å². The minimum Gasteiger partial charge on any atom is -0.200 e. The first-order chi connectivity index (χ1) is 9.06. The van der Waals surface area contributed by atoms with Crippen molar-refractivity contribution in [2.75, 3.05) is 0 Å². The van der Waals surface area contributed by atoms with Crippen LogP contribution < -0.4 is 4.83 Å². The van der Waals surface area contributed by atoms with Crippen molar-refractivity contribution in [3.63, 3.8) is 0 Å². The van der Waals surface area contributed by atoms with Gasteiger partial charge in [-0.1, -0.05) is 28.1 Å². The van der Waals surface area contributed by atoms with E-state index in [9.17, 15) is 8.42 Å². The Morgan fingerprint density at radius 3 is 2.68 bits per heavy atom. The van der Waals surface area contributed by atoms with Crippen LogP contribution in [0, 0.1) is 11.8 Å². The van der Waals surface area contributed by atoms with Gasteiger partial charge >= 0.3 is 0 Å². The molecule has 0 aromatic heterocycles. The van der Waals surface area contributed by atoms with Gasteiger partial charge in [0.25, 0.3) is 10.0 Å². The fourth-order valence-corrected chi connectivity index (χ4v) is 3.55. The molecule has 0 saturated heterocycles. The van der Waals surface area contributed by atoms with Crippen LogP contribution in [0.2, 0.25) is 0 Å². The maximum Gasteiger partial charge on any atom is 0.276 e. The summed E-state index contributed by atoms with van der Waals surface area (Å²) in [6.07, 6.45) is 6.17. The smallest absolute Gasteiger partial charge is 0.200 e. The SMILES string of the molecule is O=S(=O)(N/N=C1\C[C@H]2C=CC[C@H]12)c1ccc(Br)cc1. The highest BCUT2D eigenvalue weighted by Gasteiger charge is 2.38. The first kappa shape index (κ1) is 12.9. The van der Waals surface area contributed by atoms with Gasteiger partial charge in [-0.3, -0.25) is 0 Å². The van der Waals surface area contributed by atoms with Gasteiger partial charge in [0.2, 0.25) is 0 Å². The van der Waals surface area contributed by atoms with Gasteiger partial charge in [-0.05, 0) is 43.0 Å². The molecule has 6 heteroatoms. The maximum absolute atomic E-state index is 12.0. The molecule has 0 heterocycles. The Morgan fingerprint density at radius 2 is 2.00 bits per heavy atom. The van der Waals surface area contributed by atoms with Gasteiger partial charge in [-0.25, -0.2) is 4.83 Å². The highest BCUT2D eigenvalue weighted by atomic mass is 79.9. The molecule has 3 rings (SSSR count). The number of rotatable bonds is 3. The summed E-state index contributed by atoms with van der Waals surface area (Å²) in [7, 11) is -3.56. The van der Waals surface area contributed by atoms with E-state index in [1.165, 1.54) is 0 Å². The average molecular weight is 341 g/mol. The van der Waals surface area contributed by atoms with Gasteiger partial charge < -0.3 is 0 Å². The largest absolute Gasteiger partial charge is 0.276 e. The second kappa shape index (κ2) is 4.76. The second-order valence-corrected chi connectivity index (χ2v) is 7.37. The van der Waals surface area contributed by atoms with Gasteiger partial charge in [-0.15, -0.1) is 0 Å². The van der Waals surface area contributed by atoms with E-state index in [4.69, 9.17) is 0 Å². The van der Waals surface area contributed by atoms with Crippen molar-refractivity contribution < 1.29 is 8.42 Å². The molecule has 4 nitrogen and oxygen atoms in total. The van der Waals surface area contributed by atoms with Crippen molar-refractivity contribution in [2.45, 2.75) is 17.7 Å². The minimum absolute atomic E-state index is 0.223. The molecule has 1 fully saturated rings. The standard InChI is InChI=1S/C13H13BrN2O2S/c14-10-4-6-11(7-5-10)19(17,18)16-15-13-8-9-2-1-3-12(9)13/h1-2,4-7,9,12,16H,3,8H2/b15-13+/t9-,12+/m1/s1. The molecule has 1 saturated carbocycles.